The Morgan fingerprint density at radius 3 is 2.20 bits per heavy atom. The van der Waals surface area contributed by atoms with E-state index in [4.69, 9.17) is 0 Å². The van der Waals surface area contributed by atoms with Gasteiger partial charge in [0.1, 0.15) is 0 Å². The molecule has 0 aromatic heterocycles. The number of alkyl halides is 3. The molecule has 0 heterocycles. The minimum absolute atomic E-state index is 0.0217. The molecule has 1 aromatic rings. The van der Waals surface area contributed by atoms with Crippen molar-refractivity contribution in [2.45, 2.75) is 31.9 Å². The lowest BCUT2D eigenvalue weighted by Crippen LogP contribution is -2.41. The predicted molar refractivity (Wildman–Crippen MR) is 69.9 cm³/mol. The van der Waals surface area contributed by atoms with E-state index in [0.717, 1.165) is 24.8 Å². The van der Waals surface area contributed by atoms with Crippen LogP contribution < -0.4 is 0 Å². The number of hydrogen-bond donors (Lipinski definition) is 0. The Bertz CT molecular complexity index is 557. The van der Waals surface area contributed by atoms with Crippen molar-refractivity contribution in [1.82, 2.24) is 0 Å². The Balaban J connectivity index is 2.07. The van der Waals surface area contributed by atoms with Crippen LogP contribution in [0.5, 0.6) is 0 Å². The fraction of sp³-hybridized carbons (Fsp3) is 0.438. The maximum Gasteiger partial charge on any atom is 0.454 e. The first-order valence-corrected chi connectivity index (χ1v) is 6.91. The van der Waals surface area contributed by atoms with Gasteiger partial charge < -0.3 is 0 Å². The minimum atomic E-state index is -4.77. The number of Topliss-reactive ketones (excluding diaryl/α,β-unsaturated/α-hetero) is 1. The van der Waals surface area contributed by atoms with Crippen molar-refractivity contribution in [2.24, 2.45) is 11.8 Å². The van der Waals surface area contributed by atoms with Crippen molar-refractivity contribution in [1.29, 1.82) is 0 Å². The Hall–Kier alpha value is -1.58. The molecule has 1 fully saturated rings. The monoisotopic (exact) mass is 280 g/mol. The van der Waals surface area contributed by atoms with Gasteiger partial charge in [-0.1, -0.05) is 43.2 Å². The highest BCUT2D eigenvalue weighted by Crippen LogP contribution is 2.55. The number of allylic oxidation sites excluding steroid dienone is 2. The van der Waals surface area contributed by atoms with Gasteiger partial charge in [-0.2, -0.15) is 13.2 Å². The van der Waals surface area contributed by atoms with Crippen LogP contribution >= 0.6 is 0 Å². The third kappa shape index (κ3) is 2.07. The molecule has 2 atom stereocenters. The molecule has 106 valence electrons. The molecule has 0 radical (unpaired) electrons. The van der Waals surface area contributed by atoms with Crippen LogP contribution in [0.4, 0.5) is 13.2 Å². The zero-order valence-electron chi connectivity index (χ0n) is 10.9. The van der Waals surface area contributed by atoms with Gasteiger partial charge in [-0.25, -0.2) is 0 Å². The van der Waals surface area contributed by atoms with E-state index in [2.05, 4.69) is 0 Å². The molecule has 0 amide bonds. The van der Waals surface area contributed by atoms with Gasteiger partial charge in [0.05, 0.1) is 0 Å². The van der Waals surface area contributed by atoms with E-state index in [9.17, 15) is 18.0 Å². The molecule has 20 heavy (non-hydrogen) atoms. The van der Waals surface area contributed by atoms with Crippen molar-refractivity contribution in [3.8, 4) is 0 Å². The summed E-state index contributed by atoms with van der Waals surface area (Å²) in [6.07, 6.45) is -1.22. The fourth-order valence-electron chi connectivity index (χ4n) is 3.56. The van der Waals surface area contributed by atoms with Crippen LogP contribution in [-0.4, -0.2) is 12.0 Å². The molecule has 2 unspecified atom stereocenters. The van der Waals surface area contributed by atoms with Gasteiger partial charge in [0.25, 0.3) is 5.78 Å². The van der Waals surface area contributed by atoms with Gasteiger partial charge >= 0.3 is 6.18 Å². The number of hydrogen-bond acceptors (Lipinski definition) is 1. The lowest BCUT2D eigenvalue weighted by molar-refractivity contribution is -0.167. The minimum Gasteiger partial charge on any atom is -0.284 e. The molecule has 0 bridgehead atoms. The topological polar surface area (TPSA) is 17.1 Å². The molecule has 0 N–H and O–H groups in total. The highest BCUT2D eigenvalue weighted by Gasteiger charge is 2.52. The standard InChI is InChI=1S/C16H15F3O/c17-16(18,19)15(20)14-12-9-5-4-8-11(12)13(14)10-6-2-1-3-7-10/h1-3,6-7,11-12H,4-5,8-9H2. The van der Waals surface area contributed by atoms with Gasteiger partial charge in [0.2, 0.25) is 0 Å². The van der Waals surface area contributed by atoms with Crippen molar-refractivity contribution < 1.29 is 18.0 Å². The van der Waals surface area contributed by atoms with Crippen LogP contribution in [0.3, 0.4) is 0 Å². The fourth-order valence-corrected chi connectivity index (χ4v) is 3.56. The number of carbonyl (C=O) groups excluding carboxylic acids is 1. The molecule has 1 saturated carbocycles. The summed E-state index contributed by atoms with van der Waals surface area (Å²) in [4.78, 5) is 11.7. The molecule has 1 nitrogen and oxygen atoms in total. The second kappa shape index (κ2) is 4.76. The first-order valence-electron chi connectivity index (χ1n) is 6.91. The van der Waals surface area contributed by atoms with Crippen molar-refractivity contribution in [2.75, 3.05) is 0 Å². The molecular formula is C16H15F3O. The number of ketones is 1. The molecule has 0 saturated heterocycles. The maximum absolute atomic E-state index is 12.8. The average molecular weight is 280 g/mol. The number of fused-ring (bicyclic) bond motifs is 1. The Kier molecular flexibility index (Phi) is 3.19. The summed E-state index contributed by atoms with van der Waals surface area (Å²) in [7, 11) is 0. The molecule has 4 heteroatoms. The summed E-state index contributed by atoms with van der Waals surface area (Å²) in [6, 6.07) is 9.02. The molecule has 0 spiro atoms. The van der Waals surface area contributed by atoms with Gasteiger partial charge in [0.15, 0.2) is 0 Å². The van der Waals surface area contributed by atoms with E-state index in [0.29, 0.717) is 12.0 Å². The lowest BCUT2D eigenvalue weighted by Gasteiger charge is -2.45. The van der Waals surface area contributed by atoms with Crippen molar-refractivity contribution in [3.63, 3.8) is 0 Å². The largest absolute Gasteiger partial charge is 0.454 e. The Morgan fingerprint density at radius 1 is 1.00 bits per heavy atom. The Morgan fingerprint density at radius 2 is 1.60 bits per heavy atom. The van der Waals surface area contributed by atoms with Gasteiger partial charge in [-0.05, 0) is 35.8 Å². The normalized spacial score (nSPS) is 25.9. The van der Waals surface area contributed by atoms with Gasteiger partial charge in [0, 0.05) is 5.57 Å². The second-order valence-corrected chi connectivity index (χ2v) is 5.52. The van der Waals surface area contributed by atoms with E-state index in [1.54, 1.807) is 24.3 Å². The van der Waals surface area contributed by atoms with Crippen LogP contribution in [0.15, 0.2) is 35.9 Å². The zero-order chi connectivity index (χ0) is 14.3. The highest BCUT2D eigenvalue weighted by atomic mass is 19.4. The summed E-state index contributed by atoms with van der Waals surface area (Å²) < 4.78 is 38.4. The third-order valence-electron chi connectivity index (χ3n) is 4.38. The predicted octanol–water partition coefficient (Wildman–Crippen LogP) is 4.39. The van der Waals surface area contributed by atoms with Crippen LogP contribution in [0.1, 0.15) is 31.2 Å². The van der Waals surface area contributed by atoms with Crippen molar-refractivity contribution >= 4 is 11.4 Å². The van der Waals surface area contributed by atoms with Crippen molar-refractivity contribution in [3.05, 3.63) is 41.5 Å². The van der Waals surface area contributed by atoms with Gasteiger partial charge in [-0.3, -0.25) is 4.79 Å². The maximum atomic E-state index is 12.8. The van der Waals surface area contributed by atoms with E-state index in [1.807, 2.05) is 6.07 Å². The Labute approximate surface area is 115 Å². The van der Waals surface area contributed by atoms with Crippen LogP contribution in [0.2, 0.25) is 0 Å². The lowest BCUT2D eigenvalue weighted by atomic mass is 9.58. The van der Waals surface area contributed by atoms with E-state index in [-0.39, 0.29) is 17.4 Å². The molecule has 2 aliphatic rings. The molecular weight excluding hydrogens is 265 g/mol. The summed E-state index contributed by atoms with van der Waals surface area (Å²) in [5, 5.41) is 0. The first-order chi connectivity index (χ1) is 9.50. The quantitative estimate of drug-likeness (QED) is 0.785. The van der Waals surface area contributed by atoms with E-state index in [1.165, 1.54) is 0 Å². The number of rotatable bonds is 2. The van der Waals surface area contributed by atoms with Crippen LogP contribution in [-0.2, 0) is 4.79 Å². The average Bonchev–Trinajstić information content (AvgIpc) is 2.40. The van der Waals surface area contributed by atoms with Crippen LogP contribution in [0.25, 0.3) is 5.57 Å². The molecule has 0 aliphatic heterocycles. The third-order valence-corrected chi connectivity index (χ3v) is 4.38. The molecule has 2 aliphatic carbocycles. The summed E-state index contributed by atoms with van der Waals surface area (Å²) in [5.41, 5.74) is 1.43. The number of carbonyl (C=O) groups is 1. The second-order valence-electron chi connectivity index (χ2n) is 5.52. The summed E-state index contributed by atoms with van der Waals surface area (Å²) in [6.45, 7) is 0. The number of halogens is 3. The summed E-state index contributed by atoms with van der Waals surface area (Å²) >= 11 is 0. The zero-order valence-corrected chi connectivity index (χ0v) is 10.9. The molecule has 3 rings (SSSR count). The smallest absolute Gasteiger partial charge is 0.284 e. The van der Waals surface area contributed by atoms with E-state index >= 15 is 0 Å². The van der Waals surface area contributed by atoms with E-state index < -0.39 is 12.0 Å². The van der Waals surface area contributed by atoms with Crippen LogP contribution in [0, 0.1) is 11.8 Å². The number of benzene rings is 1. The first kappa shape index (κ1) is 13.4. The highest BCUT2D eigenvalue weighted by molar-refractivity contribution is 6.09. The summed E-state index contributed by atoms with van der Waals surface area (Å²) in [5.74, 6) is -1.69. The SMILES string of the molecule is O=C(C1=C(c2ccccc2)C2CCCCC12)C(F)(F)F. The molecule has 1 aromatic carbocycles. The van der Waals surface area contributed by atoms with Gasteiger partial charge in [-0.15, -0.1) is 0 Å².